The van der Waals surface area contributed by atoms with E-state index < -0.39 is 0 Å². The van der Waals surface area contributed by atoms with Gasteiger partial charge in [-0.15, -0.1) is 0 Å². The van der Waals surface area contributed by atoms with E-state index >= 15 is 0 Å². The van der Waals surface area contributed by atoms with Crippen LogP contribution in [0.3, 0.4) is 0 Å². The van der Waals surface area contributed by atoms with Gasteiger partial charge < -0.3 is 15.0 Å². The van der Waals surface area contributed by atoms with Crippen LogP contribution in [0, 0.1) is 0 Å². The second-order valence-electron chi connectivity index (χ2n) is 4.13. The average molecular weight is 200 g/mol. The van der Waals surface area contributed by atoms with Gasteiger partial charge in [-0.05, 0) is 45.8 Å². The summed E-state index contributed by atoms with van der Waals surface area (Å²) in [5.41, 5.74) is 0. The number of hydrogen-bond acceptors (Lipinski definition) is 3. The normalized spacial score (nSPS) is 24.0. The molecule has 1 aliphatic rings. The molecule has 0 spiro atoms. The number of rotatable bonds is 6. The minimum absolute atomic E-state index is 0.714. The van der Waals surface area contributed by atoms with E-state index in [-0.39, 0.29) is 0 Å². The number of hydrogen-bond donors (Lipinski definition) is 1. The van der Waals surface area contributed by atoms with Crippen molar-refractivity contribution >= 4 is 0 Å². The zero-order chi connectivity index (χ0) is 10.2. The number of unbranched alkanes of at least 4 members (excludes halogenated alkanes) is 1. The molecule has 14 heavy (non-hydrogen) atoms. The van der Waals surface area contributed by atoms with Crippen molar-refractivity contribution < 1.29 is 4.74 Å². The molecule has 0 aromatic carbocycles. The predicted octanol–water partition coefficient (Wildman–Crippen LogP) is 1.10. The summed E-state index contributed by atoms with van der Waals surface area (Å²) in [5.74, 6) is 0. The summed E-state index contributed by atoms with van der Waals surface area (Å²) < 4.78 is 5.04. The molecule has 0 amide bonds. The van der Waals surface area contributed by atoms with Crippen molar-refractivity contribution in [1.82, 2.24) is 10.2 Å². The van der Waals surface area contributed by atoms with Crippen molar-refractivity contribution in [2.45, 2.75) is 31.7 Å². The highest BCUT2D eigenvalue weighted by molar-refractivity contribution is 4.76. The number of methoxy groups -OCH3 is 1. The topological polar surface area (TPSA) is 24.5 Å². The summed E-state index contributed by atoms with van der Waals surface area (Å²) in [7, 11) is 3.84. The first-order valence-electron chi connectivity index (χ1n) is 5.75. The second kappa shape index (κ2) is 7.21. The SMILES string of the molecule is CNC1CCCN(CCCCOC)C1. The van der Waals surface area contributed by atoms with Gasteiger partial charge in [-0.25, -0.2) is 0 Å². The van der Waals surface area contributed by atoms with Crippen molar-refractivity contribution in [3.63, 3.8) is 0 Å². The summed E-state index contributed by atoms with van der Waals surface area (Å²) in [5, 5.41) is 3.37. The van der Waals surface area contributed by atoms with E-state index in [2.05, 4.69) is 17.3 Å². The molecule has 1 saturated heterocycles. The third-order valence-corrected chi connectivity index (χ3v) is 2.99. The lowest BCUT2D eigenvalue weighted by atomic mass is 10.1. The van der Waals surface area contributed by atoms with E-state index in [0.29, 0.717) is 6.04 Å². The Balaban J connectivity index is 2.05. The van der Waals surface area contributed by atoms with E-state index in [4.69, 9.17) is 4.74 Å². The standard InChI is InChI=1S/C11H24N2O/c1-12-11-6-5-8-13(10-11)7-3-4-9-14-2/h11-12H,3-10H2,1-2H3. The smallest absolute Gasteiger partial charge is 0.0462 e. The van der Waals surface area contributed by atoms with E-state index in [1.54, 1.807) is 7.11 Å². The fraction of sp³-hybridized carbons (Fsp3) is 1.00. The molecule has 1 N–H and O–H groups in total. The van der Waals surface area contributed by atoms with Crippen LogP contribution < -0.4 is 5.32 Å². The number of piperidine rings is 1. The van der Waals surface area contributed by atoms with E-state index in [1.165, 1.54) is 45.3 Å². The molecule has 0 bridgehead atoms. The molecule has 0 saturated carbocycles. The van der Waals surface area contributed by atoms with Gasteiger partial charge in [-0.1, -0.05) is 0 Å². The Labute approximate surface area is 87.8 Å². The summed E-state index contributed by atoms with van der Waals surface area (Å²) >= 11 is 0. The number of ether oxygens (including phenoxy) is 1. The van der Waals surface area contributed by atoms with Crippen LogP contribution in [-0.4, -0.2) is 51.3 Å². The van der Waals surface area contributed by atoms with Crippen LogP contribution in [0.15, 0.2) is 0 Å². The molecule has 84 valence electrons. The van der Waals surface area contributed by atoms with Crippen molar-refractivity contribution in [1.29, 1.82) is 0 Å². The molecule has 1 unspecified atom stereocenters. The molecule has 0 aliphatic carbocycles. The fourth-order valence-electron chi connectivity index (χ4n) is 2.08. The van der Waals surface area contributed by atoms with Gasteiger partial charge >= 0.3 is 0 Å². The summed E-state index contributed by atoms with van der Waals surface area (Å²) in [6.07, 6.45) is 5.14. The van der Waals surface area contributed by atoms with Crippen molar-refractivity contribution in [2.75, 3.05) is 40.4 Å². The predicted molar refractivity (Wildman–Crippen MR) is 59.6 cm³/mol. The minimum Gasteiger partial charge on any atom is -0.385 e. The lowest BCUT2D eigenvalue weighted by Crippen LogP contribution is -2.44. The van der Waals surface area contributed by atoms with Gasteiger partial charge in [-0.3, -0.25) is 0 Å². The molecule has 1 fully saturated rings. The van der Waals surface area contributed by atoms with Crippen LogP contribution in [0.5, 0.6) is 0 Å². The summed E-state index contributed by atoms with van der Waals surface area (Å²) in [4.78, 5) is 2.57. The van der Waals surface area contributed by atoms with Gasteiger partial charge in [0.05, 0.1) is 0 Å². The Morgan fingerprint density at radius 3 is 3.00 bits per heavy atom. The van der Waals surface area contributed by atoms with Crippen LogP contribution in [0.2, 0.25) is 0 Å². The Morgan fingerprint density at radius 1 is 1.43 bits per heavy atom. The fourth-order valence-corrected chi connectivity index (χ4v) is 2.08. The Kier molecular flexibility index (Phi) is 6.15. The zero-order valence-corrected chi connectivity index (χ0v) is 9.59. The molecule has 0 aromatic rings. The molecule has 3 nitrogen and oxygen atoms in total. The maximum atomic E-state index is 5.04. The molecule has 0 radical (unpaired) electrons. The lowest BCUT2D eigenvalue weighted by molar-refractivity contribution is 0.167. The largest absolute Gasteiger partial charge is 0.385 e. The molecule has 1 aliphatic heterocycles. The van der Waals surface area contributed by atoms with Gasteiger partial charge in [0.25, 0.3) is 0 Å². The average Bonchev–Trinajstić information content (AvgIpc) is 2.25. The van der Waals surface area contributed by atoms with E-state index in [1.807, 2.05) is 0 Å². The third-order valence-electron chi connectivity index (χ3n) is 2.99. The van der Waals surface area contributed by atoms with Crippen LogP contribution in [0.4, 0.5) is 0 Å². The first-order valence-corrected chi connectivity index (χ1v) is 5.75. The number of nitrogens with zero attached hydrogens (tertiary/aromatic N) is 1. The molecular weight excluding hydrogens is 176 g/mol. The third kappa shape index (κ3) is 4.40. The van der Waals surface area contributed by atoms with Crippen LogP contribution in [0.1, 0.15) is 25.7 Å². The highest BCUT2D eigenvalue weighted by Gasteiger charge is 2.17. The van der Waals surface area contributed by atoms with Gasteiger partial charge in [0.2, 0.25) is 0 Å². The minimum atomic E-state index is 0.714. The van der Waals surface area contributed by atoms with Gasteiger partial charge in [0.15, 0.2) is 0 Å². The van der Waals surface area contributed by atoms with E-state index in [9.17, 15) is 0 Å². The maximum absolute atomic E-state index is 5.04. The van der Waals surface area contributed by atoms with E-state index in [0.717, 1.165) is 6.61 Å². The number of nitrogens with one attached hydrogen (secondary N) is 1. The highest BCUT2D eigenvalue weighted by Crippen LogP contribution is 2.10. The number of likely N-dealkylation sites (tertiary alicyclic amines) is 1. The monoisotopic (exact) mass is 200 g/mol. The van der Waals surface area contributed by atoms with Crippen LogP contribution in [0.25, 0.3) is 0 Å². The molecule has 3 heteroatoms. The van der Waals surface area contributed by atoms with Crippen molar-refractivity contribution in [3.8, 4) is 0 Å². The Hall–Kier alpha value is -0.120. The summed E-state index contributed by atoms with van der Waals surface area (Å²) in [6.45, 7) is 4.65. The molecule has 1 rings (SSSR count). The Morgan fingerprint density at radius 2 is 2.29 bits per heavy atom. The van der Waals surface area contributed by atoms with Gasteiger partial charge in [-0.2, -0.15) is 0 Å². The maximum Gasteiger partial charge on any atom is 0.0462 e. The quantitative estimate of drug-likeness (QED) is 0.650. The summed E-state index contributed by atoms with van der Waals surface area (Å²) in [6, 6.07) is 0.714. The highest BCUT2D eigenvalue weighted by atomic mass is 16.5. The first kappa shape index (κ1) is 12.0. The zero-order valence-electron chi connectivity index (χ0n) is 9.59. The molecule has 1 heterocycles. The van der Waals surface area contributed by atoms with Crippen LogP contribution >= 0.6 is 0 Å². The molecule has 0 aromatic heterocycles. The Bertz CT molecular complexity index is 141. The number of likely N-dealkylation sites (N-methyl/N-ethyl adjacent to an activating group) is 1. The molecule has 1 atom stereocenters. The van der Waals surface area contributed by atoms with Gasteiger partial charge in [0, 0.05) is 26.3 Å². The lowest BCUT2D eigenvalue weighted by Gasteiger charge is -2.32. The van der Waals surface area contributed by atoms with Crippen molar-refractivity contribution in [3.05, 3.63) is 0 Å². The first-order chi connectivity index (χ1) is 6.86. The van der Waals surface area contributed by atoms with Gasteiger partial charge in [0.1, 0.15) is 0 Å². The van der Waals surface area contributed by atoms with Crippen LogP contribution in [-0.2, 0) is 4.74 Å². The second-order valence-corrected chi connectivity index (χ2v) is 4.13. The molecular formula is C11H24N2O. The van der Waals surface area contributed by atoms with Crippen molar-refractivity contribution in [2.24, 2.45) is 0 Å².